The molecule has 0 fully saturated rings. The predicted molar refractivity (Wildman–Crippen MR) is 56.8 cm³/mol. The second-order valence-electron chi connectivity index (χ2n) is 2.96. The number of hydrogen-bond donors (Lipinski definition) is 0. The van der Waals surface area contributed by atoms with Crippen LogP contribution in [0.2, 0.25) is 0 Å². The molecule has 1 aromatic carbocycles. The Bertz CT molecular complexity index is 335. The molecule has 1 aromatic rings. The van der Waals surface area contributed by atoms with Crippen LogP contribution in [-0.2, 0) is 9.53 Å². The van der Waals surface area contributed by atoms with Gasteiger partial charge in [0.15, 0.2) is 0 Å². The third-order valence-electron chi connectivity index (χ3n) is 1.76. The van der Waals surface area contributed by atoms with Crippen molar-refractivity contribution in [1.29, 1.82) is 0 Å². The minimum Gasteiger partial charge on any atom is -0.462 e. The minimum atomic E-state index is -0.411. The first kappa shape index (κ1) is 11.7. The van der Waals surface area contributed by atoms with Crippen molar-refractivity contribution in [2.75, 3.05) is 6.61 Å². The Morgan fingerprint density at radius 3 is 2.47 bits per heavy atom. The van der Waals surface area contributed by atoms with Crippen LogP contribution in [0.4, 0.5) is 0 Å². The van der Waals surface area contributed by atoms with E-state index in [1.165, 1.54) is 0 Å². The highest BCUT2D eigenvalue weighted by molar-refractivity contribution is 6.63. The number of hydrogen-bond acceptors (Lipinski definition) is 3. The van der Waals surface area contributed by atoms with Gasteiger partial charge < -0.3 is 4.74 Å². The third-order valence-corrected chi connectivity index (χ3v) is 1.95. The molecular formula is C11H11ClO3. The molecule has 4 heteroatoms. The Balaban J connectivity index is 2.28. The first-order valence-corrected chi connectivity index (χ1v) is 4.98. The van der Waals surface area contributed by atoms with E-state index in [-0.39, 0.29) is 19.0 Å². The summed E-state index contributed by atoms with van der Waals surface area (Å²) in [4.78, 5) is 21.7. The normalized spacial score (nSPS) is 9.67. The highest BCUT2D eigenvalue weighted by atomic mass is 35.5. The average Bonchev–Trinajstić information content (AvgIpc) is 2.25. The first-order valence-electron chi connectivity index (χ1n) is 4.60. The maximum Gasteiger partial charge on any atom is 0.338 e. The molecule has 1 rings (SSSR count). The van der Waals surface area contributed by atoms with Gasteiger partial charge in [0.05, 0.1) is 12.2 Å². The van der Waals surface area contributed by atoms with Gasteiger partial charge in [-0.2, -0.15) is 0 Å². The molecule has 0 saturated carbocycles. The number of halogens is 1. The maximum atomic E-state index is 11.3. The van der Waals surface area contributed by atoms with Crippen molar-refractivity contribution in [3.63, 3.8) is 0 Å². The Kier molecular flexibility index (Phi) is 4.84. The van der Waals surface area contributed by atoms with E-state index in [1.54, 1.807) is 24.3 Å². The lowest BCUT2D eigenvalue weighted by molar-refractivity contribution is -0.111. The van der Waals surface area contributed by atoms with Gasteiger partial charge in [0, 0.05) is 6.42 Å². The second kappa shape index (κ2) is 6.19. The fourth-order valence-corrected chi connectivity index (χ4v) is 1.17. The molecule has 0 aromatic heterocycles. The van der Waals surface area contributed by atoms with Gasteiger partial charge in [0.2, 0.25) is 5.24 Å². The van der Waals surface area contributed by atoms with Crippen LogP contribution in [0.5, 0.6) is 0 Å². The van der Waals surface area contributed by atoms with Crippen molar-refractivity contribution in [1.82, 2.24) is 0 Å². The standard InChI is InChI=1S/C11H11ClO3/c12-10(13)7-4-8-15-11(14)9-5-2-1-3-6-9/h1-3,5-6H,4,7-8H2. The van der Waals surface area contributed by atoms with Crippen LogP contribution in [-0.4, -0.2) is 17.8 Å². The average molecular weight is 227 g/mol. The van der Waals surface area contributed by atoms with E-state index in [9.17, 15) is 9.59 Å². The van der Waals surface area contributed by atoms with Gasteiger partial charge in [-0.15, -0.1) is 0 Å². The van der Waals surface area contributed by atoms with E-state index >= 15 is 0 Å². The van der Waals surface area contributed by atoms with E-state index in [1.807, 2.05) is 6.07 Å². The quantitative estimate of drug-likeness (QED) is 0.440. The zero-order valence-electron chi connectivity index (χ0n) is 8.11. The largest absolute Gasteiger partial charge is 0.462 e. The summed E-state index contributed by atoms with van der Waals surface area (Å²) in [6, 6.07) is 8.70. The Morgan fingerprint density at radius 1 is 1.20 bits per heavy atom. The fraction of sp³-hybridized carbons (Fsp3) is 0.273. The lowest BCUT2D eigenvalue weighted by Gasteiger charge is -2.02. The second-order valence-corrected chi connectivity index (χ2v) is 3.38. The third kappa shape index (κ3) is 4.61. The number of rotatable bonds is 5. The minimum absolute atomic E-state index is 0.214. The van der Waals surface area contributed by atoms with E-state index in [0.717, 1.165) is 0 Å². The van der Waals surface area contributed by atoms with Crippen LogP contribution in [0.3, 0.4) is 0 Å². The van der Waals surface area contributed by atoms with Crippen molar-refractivity contribution in [2.45, 2.75) is 12.8 Å². The van der Waals surface area contributed by atoms with Crippen molar-refractivity contribution in [3.8, 4) is 0 Å². The van der Waals surface area contributed by atoms with Gasteiger partial charge in [0.25, 0.3) is 0 Å². The van der Waals surface area contributed by atoms with Gasteiger partial charge in [-0.3, -0.25) is 4.79 Å². The molecule has 0 aliphatic carbocycles. The topological polar surface area (TPSA) is 43.4 Å². The van der Waals surface area contributed by atoms with Crippen molar-refractivity contribution in [3.05, 3.63) is 35.9 Å². The molecule has 0 aliphatic heterocycles. The van der Waals surface area contributed by atoms with Crippen molar-refractivity contribution < 1.29 is 14.3 Å². The molecule has 0 N–H and O–H groups in total. The summed E-state index contributed by atoms with van der Waals surface area (Å²) in [6.07, 6.45) is 0.685. The Morgan fingerprint density at radius 2 is 1.87 bits per heavy atom. The molecule has 0 spiro atoms. The zero-order chi connectivity index (χ0) is 11.1. The van der Waals surface area contributed by atoms with Gasteiger partial charge in [-0.1, -0.05) is 18.2 Å². The first-order chi connectivity index (χ1) is 7.20. The monoisotopic (exact) mass is 226 g/mol. The summed E-state index contributed by atoms with van der Waals surface area (Å²) < 4.78 is 4.93. The summed E-state index contributed by atoms with van der Waals surface area (Å²) in [5.74, 6) is -0.377. The number of carbonyl (C=O) groups excluding carboxylic acids is 2. The van der Waals surface area contributed by atoms with Crippen LogP contribution in [0.25, 0.3) is 0 Å². The Labute approximate surface area is 93.0 Å². The van der Waals surface area contributed by atoms with Crippen LogP contribution in [0.15, 0.2) is 30.3 Å². The van der Waals surface area contributed by atoms with Crippen LogP contribution < -0.4 is 0 Å². The smallest absolute Gasteiger partial charge is 0.338 e. The summed E-state index contributed by atoms with van der Waals surface area (Å²) in [7, 11) is 0. The van der Waals surface area contributed by atoms with Gasteiger partial charge in [-0.25, -0.2) is 4.79 Å². The maximum absolute atomic E-state index is 11.3. The molecule has 0 amide bonds. The zero-order valence-corrected chi connectivity index (χ0v) is 8.87. The number of benzene rings is 1. The molecule has 0 aliphatic rings. The highest BCUT2D eigenvalue weighted by Crippen LogP contribution is 2.02. The molecule has 0 unspecified atom stereocenters. The number of esters is 1. The summed E-state index contributed by atoms with van der Waals surface area (Å²) in [5, 5.41) is -0.411. The lowest BCUT2D eigenvalue weighted by atomic mass is 10.2. The molecule has 0 radical (unpaired) electrons. The fourth-order valence-electron chi connectivity index (χ4n) is 1.03. The SMILES string of the molecule is O=C(Cl)CCCOC(=O)c1ccccc1. The van der Waals surface area contributed by atoms with Gasteiger partial charge >= 0.3 is 5.97 Å². The van der Waals surface area contributed by atoms with Crippen LogP contribution in [0, 0.1) is 0 Å². The summed E-state index contributed by atoms with van der Waals surface area (Å²) in [5.41, 5.74) is 0.509. The summed E-state index contributed by atoms with van der Waals surface area (Å²) in [6.45, 7) is 0.214. The van der Waals surface area contributed by atoms with Crippen molar-refractivity contribution in [2.24, 2.45) is 0 Å². The van der Waals surface area contributed by atoms with E-state index in [2.05, 4.69) is 0 Å². The Hall–Kier alpha value is -1.35. The molecule has 15 heavy (non-hydrogen) atoms. The van der Waals surface area contributed by atoms with E-state index < -0.39 is 5.24 Å². The van der Waals surface area contributed by atoms with Gasteiger partial charge in [-0.05, 0) is 30.2 Å². The number of ether oxygens (including phenoxy) is 1. The van der Waals surface area contributed by atoms with E-state index in [4.69, 9.17) is 16.3 Å². The van der Waals surface area contributed by atoms with Gasteiger partial charge in [0.1, 0.15) is 0 Å². The van der Waals surface area contributed by atoms with Crippen LogP contribution >= 0.6 is 11.6 Å². The van der Waals surface area contributed by atoms with Crippen LogP contribution in [0.1, 0.15) is 23.2 Å². The lowest BCUT2D eigenvalue weighted by Crippen LogP contribution is -2.06. The molecule has 3 nitrogen and oxygen atoms in total. The van der Waals surface area contributed by atoms with E-state index in [0.29, 0.717) is 12.0 Å². The number of carbonyl (C=O) groups is 2. The molecule has 0 atom stereocenters. The molecule has 0 saturated heterocycles. The molecule has 0 heterocycles. The highest BCUT2D eigenvalue weighted by Gasteiger charge is 2.05. The molecular weight excluding hydrogens is 216 g/mol. The molecule has 0 bridgehead atoms. The molecule has 80 valence electrons. The van der Waals surface area contributed by atoms with Crippen molar-refractivity contribution >= 4 is 22.8 Å². The summed E-state index contributed by atoms with van der Waals surface area (Å²) >= 11 is 5.13. The predicted octanol–water partition coefficient (Wildman–Crippen LogP) is 2.39.